The molecule has 0 saturated carbocycles. The highest BCUT2D eigenvalue weighted by molar-refractivity contribution is 5.88. The van der Waals surface area contributed by atoms with Gasteiger partial charge in [-0.3, -0.25) is 4.98 Å². The predicted octanol–water partition coefficient (Wildman–Crippen LogP) is 9.16. The van der Waals surface area contributed by atoms with Gasteiger partial charge in [0.05, 0.1) is 58.9 Å². The lowest BCUT2D eigenvalue weighted by atomic mass is 9.89. The number of pyridine rings is 1. The number of nitrogens with zero attached hydrogens (tertiary/aromatic N) is 1. The molecule has 7 rings (SSSR count). The summed E-state index contributed by atoms with van der Waals surface area (Å²) in [5, 5.41) is 2.14. The third kappa shape index (κ3) is 8.15. The first-order valence-corrected chi connectivity index (χ1v) is 17.2. The zero-order valence-electron chi connectivity index (χ0n) is 30.0. The van der Waals surface area contributed by atoms with Crippen LogP contribution in [0.3, 0.4) is 0 Å². The molecule has 1 aromatic heterocycles. The van der Waals surface area contributed by atoms with E-state index in [0.717, 1.165) is 73.6 Å². The summed E-state index contributed by atoms with van der Waals surface area (Å²) < 4.78 is 45.6. The normalized spacial score (nSPS) is 14.9. The molecule has 0 aliphatic carbocycles. The predicted molar refractivity (Wildman–Crippen MR) is 201 cm³/mol. The third-order valence-corrected chi connectivity index (χ3v) is 8.68. The molecule has 0 N–H and O–H groups in total. The van der Waals surface area contributed by atoms with Crippen molar-refractivity contribution in [3.8, 4) is 46.0 Å². The SMILES string of the molecule is CCOc1ccc(Cc2nccc3cc(OCC)c(OCC)cc23)cc1OCC.COc1ccc2c(c1)OC1c3ccc(OC)cc3OCC21.Cl. The van der Waals surface area contributed by atoms with E-state index in [0.29, 0.717) is 39.5 Å². The van der Waals surface area contributed by atoms with Gasteiger partial charge in [0.25, 0.3) is 0 Å². The van der Waals surface area contributed by atoms with Crippen molar-refractivity contribution >= 4 is 23.2 Å². The monoisotopic (exact) mass is 715 g/mol. The molecule has 2 aliphatic heterocycles. The minimum absolute atomic E-state index is 0. The summed E-state index contributed by atoms with van der Waals surface area (Å²) in [7, 11) is 3.32. The summed E-state index contributed by atoms with van der Waals surface area (Å²) in [6.07, 6.45) is 2.52. The summed E-state index contributed by atoms with van der Waals surface area (Å²) in [5.41, 5.74) is 4.35. The Hall–Kier alpha value is -5.02. The van der Waals surface area contributed by atoms with Gasteiger partial charge in [-0.25, -0.2) is 0 Å². The second kappa shape index (κ2) is 17.3. The Labute approximate surface area is 306 Å². The van der Waals surface area contributed by atoms with E-state index in [1.165, 1.54) is 5.56 Å². The molecule has 4 aromatic carbocycles. The van der Waals surface area contributed by atoms with Crippen molar-refractivity contribution in [2.75, 3.05) is 47.3 Å². The number of fused-ring (bicyclic) bond motifs is 6. The summed E-state index contributed by atoms with van der Waals surface area (Å²) in [4.78, 5) is 4.65. The molecular formula is C41H46ClNO8. The van der Waals surface area contributed by atoms with Crippen LogP contribution in [0.25, 0.3) is 10.8 Å². The van der Waals surface area contributed by atoms with Crippen molar-refractivity contribution in [2.24, 2.45) is 0 Å². The summed E-state index contributed by atoms with van der Waals surface area (Å²) in [6, 6.07) is 24.0. The molecule has 0 saturated heterocycles. The zero-order valence-corrected chi connectivity index (χ0v) is 30.8. The van der Waals surface area contributed by atoms with Crippen molar-refractivity contribution in [2.45, 2.75) is 46.1 Å². The zero-order chi connectivity index (χ0) is 35.0. The molecule has 2 unspecified atom stereocenters. The van der Waals surface area contributed by atoms with Crippen LogP contribution in [0.2, 0.25) is 0 Å². The molecule has 51 heavy (non-hydrogen) atoms. The number of hydrogen-bond donors (Lipinski definition) is 0. The molecule has 0 spiro atoms. The Balaban J connectivity index is 0.000000202. The lowest BCUT2D eigenvalue weighted by molar-refractivity contribution is 0.139. The minimum Gasteiger partial charge on any atom is -0.497 e. The van der Waals surface area contributed by atoms with Gasteiger partial charge in [0, 0.05) is 41.3 Å². The Morgan fingerprint density at radius 1 is 0.647 bits per heavy atom. The van der Waals surface area contributed by atoms with E-state index in [-0.39, 0.29) is 24.4 Å². The van der Waals surface area contributed by atoms with E-state index < -0.39 is 0 Å². The minimum atomic E-state index is 0. The van der Waals surface area contributed by atoms with Crippen LogP contribution in [-0.4, -0.2) is 52.2 Å². The Bertz CT molecular complexity index is 1930. The smallest absolute Gasteiger partial charge is 0.161 e. The molecule has 0 fully saturated rings. The highest BCUT2D eigenvalue weighted by atomic mass is 35.5. The molecular weight excluding hydrogens is 670 g/mol. The second-order valence-electron chi connectivity index (χ2n) is 11.7. The van der Waals surface area contributed by atoms with E-state index in [2.05, 4.69) is 17.1 Å². The Morgan fingerprint density at radius 3 is 1.92 bits per heavy atom. The van der Waals surface area contributed by atoms with Gasteiger partial charge in [-0.2, -0.15) is 0 Å². The van der Waals surface area contributed by atoms with Crippen LogP contribution >= 0.6 is 12.4 Å². The van der Waals surface area contributed by atoms with E-state index in [9.17, 15) is 0 Å². The van der Waals surface area contributed by atoms with Crippen molar-refractivity contribution in [3.63, 3.8) is 0 Å². The van der Waals surface area contributed by atoms with Crippen LogP contribution in [0.1, 0.15) is 62.1 Å². The average Bonchev–Trinajstić information content (AvgIpc) is 3.52. The Kier molecular flexibility index (Phi) is 12.6. The van der Waals surface area contributed by atoms with Gasteiger partial charge in [-0.15, -0.1) is 12.4 Å². The summed E-state index contributed by atoms with van der Waals surface area (Å²) >= 11 is 0. The maximum Gasteiger partial charge on any atom is 0.161 e. The first-order chi connectivity index (χ1) is 24.5. The molecule has 0 bridgehead atoms. The van der Waals surface area contributed by atoms with Crippen LogP contribution in [-0.2, 0) is 6.42 Å². The van der Waals surface area contributed by atoms with Crippen molar-refractivity contribution in [1.29, 1.82) is 0 Å². The number of rotatable bonds is 12. The van der Waals surface area contributed by atoms with Gasteiger partial charge in [0.1, 0.15) is 29.1 Å². The van der Waals surface area contributed by atoms with E-state index in [4.69, 9.17) is 37.9 Å². The van der Waals surface area contributed by atoms with Crippen LogP contribution < -0.4 is 37.9 Å². The van der Waals surface area contributed by atoms with E-state index in [1.807, 2.05) is 94.6 Å². The first-order valence-electron chi connectivity index (χ1n) is 17.2. The molecule has 3 heterocycles. The van der Waals surface area contributed by atoms with Gasteiger partial charge < -0.3 is 37.9 Å². The standard InChI is InChI=1S/C24H29NO4.C17H16O4.ClH/c1-5-26-21-10-9-17(14-22(21)27-6-2)13-20-19-16-24(29-8-4)23(28-7-3)15-18(19)11-12-25-20;1-18-10-4-6-13-15(7-10)20-9-14-12-5-3-11(19-2)8-16(12)21-17(13)14;/h9-12,14-16H,5-8,13H2,1-4H3;3-8,14,17H,9H2,1-2H3;1H. The van der Waals surface area contributed by atoms with Gasteiger partial charge in [0.15, 0.2) is 23.0 Å². The van der Waals surface area contributed by atoms with Crippen molar-refractivity contribution in [1.82, 2.24) is 4.98 Å². The summed E-state index contributed by atoms with van der Waals surface area (Å²) in [5.74, 6) is 6.60. The van der Waals surface area contributed by atoms with E-state index in [1.54, 1.807) is 14.2 Å². The quantitative estimate of drug-likeness (QED) is 0.126. The average molecular weight is 716 g/mol. The van der Waals surface area contributed by atoms with E-state index >= 15 is 0 Å². The number of aromatic nitrogens is 1. The molecule has 10 heteroatoms. The topological polar surface area (TPSA) is 86.7 Å². The van der Waals surface area contributed by atoms with Gasteiger partial charge in [0.2, 0.25) is 0 Å². The number of hydrogen-bond acceptors (Lipinski definition) is 9. The molecule has 0 radical (unpaired) electrons. The van der Waals surface area contributed by atoms with Crippen molar-refractivity contribution in [3.05, 3.63) is 101 Å². The number of benzene rings is 4. The summed E-state index contributed by atoms with van der Waals surface area (Å²) in [6.45, 7) is 10.9. The number of methoxy groups -OCH3 is 2. The lowest BCUT2D eigenvalue weighted by Gasteiger charge is -2.28. The van der Waals surface area contributed by atoms with Crippen LogP contribution in [0, 0.1) is 0 Å². The molecule has 2 atom stereocenters. The third-order valence-electron chi connectivity index (χ3n) is 8.68. The maximum atomic E-state index is 6.15. The first kappa shape index (κ1) is 37.2. The number of ether oxygens (including phenoxy) is 8. The van der Waals surface area contributed by atoms with Crippen LogP contribution in [0.5, 0.6) is 46.0 Å². The second-order valence-corrected chi connectivity index (χ2v) is 11.7. The number of halogens is 1. The van der Waals surface area contributed by atoms with Gasteiger partial charge in [-0.1, -0.05) is 12.1 Å². The lowest BCUT2D eigenvalue weighted by Crippen LogP contribution is -2.23. The van der Waals surface area contributed by atoms with Crippen molar-refractivity contribution < 1.29 is 37.9 Å². The van der Waals surface area contributed by atoms with Crippen LogP contribution in [0.15, 0.2) is 79.0 Å². The molecule has 270 valence electrons. The highest BCUT2D eigenvalue weighted by Gasteiger charge is 2.41. The molecule has 2 aliphatic rings. The van der Waals surface area contributed by atoms with Crippen LogP contribution in [0.4, 0.5) is 0 Å². The molecule has 9 nitrogen and oxygen atoms in total. The molecule has 5 aromatic rings. The Morgan fingerprint density at radius 2 is 1.25 bits per heavy atom. The van der Waals surface area contributed by atoms with Gasteiger partial charge >= 0.3 is 0 Å². The highest BCUT2D eigenvalue weighted by Crippen LogP contribution is 2.52. The fraction of sp³-hybridized carbons (Fsp3) is 0.341. The largest absolute Gasteiger partial charge is 0.497 e. The molecule has 0 amide bonds. The maximum absolute atomic E-state index is 6.15. The fourth-order valence-corrected chi connectivity index (χ4v) is 6.39. The fourth-order valence-electron chi connectivity index (χ4n) is 6.39. The van der Waals surface area contributed by atoms with Gasteiger partial charge in [-0.05, 0) is 87.2 Å².